The third kappa shape index (κ3) is 9.03. The van der Waals surface area contributed by atoms with Gasteiger partial charge in [0.25, 0.3) is 5.91 Å². The molecule has 2 aliphatic heterocycles. The van der Waals surface area contributed by atoms with Crippen molar-refractivity contribution in [1.29, 1.82) is 0 Å². The molecule has 5 fully saturated rings. The summed E-state index contributed by atoms with van der Waals surface area (Å²) in [5.74, 6) is -2.42. The molecule has 5 N–H and O–H groups in total. The molecule has 5 atom stereocenters. The van der Waals surface area contributed by atoms with Gasteiger partial charge in [0.05, 0.1) is 28.1 Å². The molecule has 2 saturated heterocycles. The zero-order valence-electron chi connectivity index (χ0n) is 29.4. The van der Waals surface area contributed by atoms with Gasteiger partial charge in [0, 0.05) is 19.1 Å². The summed E-state index contributed by atoms with van der Waals surface area (Å²) in [5.41, 5.74) is -0.933. The maximum atomic E-state index is 14.5. The van der Waals surface area contributed by atoms with Gasteiger partial charge >= 0.3 is 6.03 Å². The molecule has 0 aromatic rings. The van der Waals surface area contributed by atoms with Gasteiger partial charge in [-0.3, -0.25) is 19.2 Å². The van der Waals surface area contributed by atoms with Gasteiger partial charge in [-0.05, 0) is 64.7 Å². The van der Waals surface area contributed by atoms with Crippen LogP contribution in [0.5, 0.6) is 0 Å². The summed E-state index contributed by atoms with van der Waals surface area (Å²) in [6.07, 6.45) is 11.7. The first-order valence-electron chi connectivity index (χ1n) is 18.3. The van der Waals surface area contributed by atoms with Gasteiger partial charge in [-0.2, -0.15) is 0 Å². The van der Waals surface area contributed by atoms with Crippen LogP contribution < -0.4 is 26.6 Å². The molecule has 49 heavy (non-hydrogen) atoms. The van der Waals surface area contributed by atoms with Gasteiger partial charge in [-0.25, -0.2) is 13.2 Å². The SMILES string of the molecule is C=CCNC(=O)C(=O)C(CC1CC1)NC(=O)[C@@H]1C2NC2CN1C(=O)[C@@H](NC(=O)NC1(CS(=O)(=O)C(C)(C)C)CCCCC1)C1CCCCC1. The molecule has 14 heteroatoms. The predicted molar refractivity (Wildman–Crippen MR) is 185 cm³/mol. The Morgan fingerprint density at radius 3 is 2.22 bits per heavy atom. The van der Waals surface area contributed by atoms with Crippen LogP contribution in [0, 0.1) is 11.8 Å². The van der Waals surface area contributed by atoms with Crippen LogP contribution in [0.15, 0.2) is 12.7 Å². The maximum Gasteiger partial charge on any atom is 0.315 e. The molecule has 13 nitrogen and oxygen atoms in total. The van der Waals surface area contributed by atoms with Crippen LogP contribution in [-0.4, -0.2) is 102 Å². The molecule has 5 aliphatic rings. The minimum Gasteiger partial charge on any atom is -0.346 e. The van der Waals surface area contributed by atoms with Crippen LogP contribution in [0.2, 0.25) is 0 Å². The standard InChI is InChI=1S/C35H56N6O7S/c1-5-18-36-31(44)29(42)24(19-22-14-15-22)38-30(43)28-27-25(37-27)20-41(28)32(45)26(23-12-8-6-9-13-23)39-33(46)40-35(16-10-7-11-17-35)21-49(47,48)34(2,3)4/h5,22-28,37H,1,6-21H2,2-4H3,(H,36,44)(H,38,43)(H2,39,40,46)/t24?,25?,26-,27?,28-/m0/s1. The highest BCUT2D eigenvalue weighted by atomic mass is 32.2. The van der Waals surface area contributed by atoms with Crippen molar-refractivity contribution in [3.63, 3.8) is 0 Å². The molecule has 3 unspecified atom stereocenters. The van der Waals surface area contributed by atoms with Crippen molar-refractivity contribution in [3.05, 3.63) is 12.7 Å². The summed E-state index contributed by atoms with van der Waals surface area (Å²) < 4.78 is 25.7. The minimum absolute atomic E-state index is 0.0814. The zero-order chi connectivity index (χ0) is 35.6. The second kappa shape index (κ2) is 15.1. The van der Waals surface area contributed by atoms with Crippen molar-refractivity contribution in [2.75, 3.05) is 18.8 Å². The van der Waals surface area contributed by atoms with Crippen LogP contribution >= 0.6 is 0 Å². The number of likely N-dealkylation sites (tertiary alicyclic amines) is 1. The Kier molecular flexibility index (Phi) is 11.5. The zero-order valence-corrected chi connectivity index (χ0v) is 30.2. The number of amides is 5. The normalized spacial score (nSPS) is 26.4. The summed E-state index contributed by atoms with van der Waals surface area (Å²) in [5, 5.41) is 14.6. The van der Waals surface area contributed by atoms with Crippen molar-refractivity contribution >= 4 is 39.4 Å². The summed E-state index contributed by atoms with van der Waals surface area (Å²) in [6, 6.07) is -3.75. The van der Waals surface area contributed by atoms with E-state index < -0.39 is 61.9 Å². The first-order chi connectivity index (χ1) is 23.1. The Balaban J connectivity index is 1.33. The van der Waals surface area contributed by atoms with Gasteiger partial charge < -0.3 is 31.5 Å². The number of ketones is 1. The number of hydrogen-bond acceptors (Lipinski definition) is 8. The van der Waals surface area contributed by atoms with Gasteiger partial charge in [0.2, 0.25) is 17.6 Å². The monoisotopic (exact) mass is 704 g/mol. The van der Waals surface area contributed by atoms with E-state index in [-0.39, 0.29) is 48.7 Å². The number of piperazine rings is 1. The highest BCUT2D eigenvalue weighted by Crippen LogP contribution is 2.36. The van der Waals surface area contributed by atoms with E-state index in [1.807, 2.05) is 0 Å². The lowest BCUT2D eigenvalue weighted by molar-refractivity contribution is -0.144. The minimum atomic E-state index is -3.55. The highest BCUT2D eigenvalue weighted by Gasteiger charge is 2.58. The van der Waals surface area contributed by atoms with E-state index in [2.05, 4.69) is 33.2 Å². The average Bonchev–Trinajstić information content (AvgIpc) is 3.99. The van der Waals surface area contributed by atoms with E-state index in [9.17, 15) is 32.4 Å². The highest BCUT2D eigenvalue weighted by molar-refractivity contribution is 7.92. The van der Waals surface area contributed by atoms with Crippen molar-refractivity contribution in [2.24, 2.45) is 11.8 Å². The van der Waals surface area contributed by atoms with E-state index in [0.29, 0.717) is 19.3 Å². The maximum absolute atomic E-state index is 14.5. The third-order valence-corrected chi connectivity index (χ3v) is 13.9. The Morgan fingerprint density at radius 2 is 1.61 bits per heavy atom. The van der Waals surface area contributed by atoms with Gasteiger partial charge in [-0.1, -0.05) is 57.4 Å². The number of rotatable bonds is 14. The van der Waals surface area contributed by atoms with Gasteiger partial charge in [-0.15, -0.1) is 6.58 Å². The van der Waals surface area contributed by atoms with E-state index in [1.165, 1.54) is 11.0 Å². The second-order valence-electron chi connectivity index (χ2n) is 16.0. The molecule has 0 radical (unpaired) electrons. The number of hydrogen-bond donors (Lipinski definition) is 5. The predicted octanol–water partition coefficient (Wildman–Crippen LogP) is 1.86. The third-order valence-electron chi connectivity index (χ3n) is 11.1. The van der Waals surface area contributed by atoms with Crippen LogP contribution in [-0.2, 0) is 29.0 Å². The number of carbonyl (C=O) groups is 5. The van der Waals surface area contributed by atoms with E-state index >= 15 is 0 Å². The van der Waals surface area contributed by atoms with Crippen LogP contribution in [0.1, 0.15) is 104 Å². The lowest BCUT2D eigenvalue weighted by Crippen LogP contribution is -2.63. The molecule has 0 spiro atoms. The first kappa shape index (κ1) is 37.3. The summed E-state index contributed by atoms with van der Waals surface area (Å²) in [4.78, 5) is 69.3. The number of fused-ring (bicyclic) bond motifs is 1. The fourth-order valence-corrected chi connectivity index (χ4v) is 9.39. The number of Topliss-reactive ketones (excluding diaryl/α,β-unsaturated/α-hetero) is 1. The number of nitrogens with zero attached hydrogens (tertiary/aromatic N) is 1. The number of nitrogens with one attached hydrogen (secondary N) is 5. The van der Waals surface area contributed by atoms with Crippen LogP contribution in [0.25, 0.3) is 0 Å². The molecule has 0 bridgehead atoms. The van der Waals surface area contributed by atoms with Crippen molar-refractivity contribution in [3.8, 4) is 0 Å². The molecular formula is C35H56N6O7S. The van der Waals surface area contributed by atoms with Crippen LogP contribution in [0.3, 0.4) is 0 Å². The van der Waals surface area contributed by atoms with Crippen molar-refractivity contribution < 1.29 is 32.4 Å². The summed E-state index contributed by atoms with van der Waals surface area (Å²) in [7, 11) is -3.55. The molecule has 0 aromatic carbocycles. The average molecular weight is 705 g/mol. The fraction of sp³-hybridized carbons (Fsp3) is 0.800. The molecule has 0 aromatic heterocycles. The lowest BCUT2D eigenvalue weighted by atomic mass is 9.82. The summed E-state index contributed by atoms with van der Waals surface area (Å²) >= 11 is 0. The first-order valence-corrected chi connectivity index (χ1v) is 19.9. The molecule has 274 valence electrons. The fourth-order valence-electron chi connectivity index (χ4n) is 7.87. The number of carbonyl (C=O) groups excluding carboxylic acids is 5. The molecule has 5 amide bonds. The Hall–Kier alpha value is -3.00. The quantitative estimate of drug-likeness (QED) is 0.103. The second-order valence-corrected chi connectivity index (χ2v) is 18.8. The molecule has 5 rings (SSSR count). The molecule has 2 heterocycles. The molecule has 3 aliphatic carbocycles. The van der Waals surface area contributed by atoms with Crippen molar-refractivity contribution in [1.82, 2.24) is 31.5 Å². The largest absolute Gasteiger partial charge is 0.346 e. The van der Waals surface area contributed by atoms with Crippen LogP contribution in [0.4, 0.5) is 4.79 Å². The Labute approximate surface area is 290 Å². The van der Waals surface area contributed by atoms with Gasteiger partial charge in [0.1, 0.15) is 12.1 Å². The lowest BCUT2D eigenvalue weighted by Gasteiger charge is -2.41. The van der Waals surface area contributed by atoms with E-state index in [4.69, 9.17) is 0 Å². The Morgan fingerprint density at radius 1 is 0.959 bits per heavy atom. The van der Waals surface area contributed by atoms with Gasteiger partial charge in [0.15, 0.2) is 9.84 Å². The van der Waals surface area contributed by atoms with Crippen molar-refractivity contribution in [2.45, 2.75) is 145 Å². The van der Waals surface area contributed by atoms with E-state index in [0.717, 1.165) is 64.2 Å². The number of urea groups is 1. The molecule has 3 saturated carbocycles. The molecular weight excluding hydrogens is 648 g/mol. The smallest absolute Gasteiger partial charge is 0.315 e. The topological polar surface area (TPSA) is 193 Å². The Bertz CT molecular complexity index is 1390. The van der Waals surface area contributed by atoms with E-state index in [1.54, 1.807) is 20.8 Å². The summed E-state index contributed by atoms with van der Waals surface area (Å²) in [6.45, 7) is 8.97. The number of sulfone groups is 1.